The molecule has 0 heterocycles. The van der Waals surface area contributed by atoms with Crippen molar-refractivity contribution < 1.29 is 9.90 Å². The highest BCUT2D eigenvalue weighted by molar-refractivity contribution is 5.76. The van der Waals surface area contributed by atoms with Crippen molar-refractivity contribution in [3.63, 3.8) is 0 Å². The molecule has 0 radical (unpaired) electrons. The second kappa shape index (κ2) is 7.13. The molecule has 0 spiro atoms. The van der Waals surface area contributed by atoms with Gasteiger partial charge < -0.3 is 10.4 Å². The van der Waals surface area contributed by atoms with E-state index in [1.54, 1.807) is 0 Å². The van der Waals surface area contributed by atoms with Gasteiger partial charge in [-0.1, -0.05) is 40.0 Å². The Labute approximate surface area is 111 Å². The summed E-state index contributed by atoms with van der Waals surface area (Å²) in [5.74, 6) is 0.674. The molecule has 1 aliphatic rings. The lowest BCUT2D eigenvalue weighted by Crippen LogP contribution is -2.35. The van der Waals surface area contributed by atoms with Gasteiger partial charge >= 0.3 is 0 Å². The first-order valence-electron chi connectivity index (χ1n) is 7.31. The van der Waals surface area contributed by atoms with Gasteiger partial charge in [0.15, 0.2) is 0 Å². The van der Waals surface area contributed by atoms with Crippen LogP contribution in [0.1, 0.15) is 65.7 Å². The van der Waals surface area contributed by atoms with E-state index in [0.29, 0.717) is 18.9 Å². The Bertz CT molecular complexity index is 252. The summed E-state index contributed by atoms with van der Waals surface area (Å²) in [6.07, 6.45) is 7.17. The van der Waals surface area contributed by atoms with Crippen LogP contribution in [0.3, 0.4) is 0 Å². The minimum absolute atomic E-state index is 0.105. The largest absolute Gasteiger partial charge is 0.391 e. The summed E-state index contributed by atoms with van der Waals surface area (Å²) in [4.78, 5) is 11.8. The zero-order valence-corrected chi connectivity index (χ0v) is 12.2. The minimum atomic E-state index is -0.430. The number of aliphatic hydroxyl groups excluding tert-OH is 1. The number of aliphatic hydroxyl groups is 1. The lowest BCUT2D eigenvalue weighted by molar-refractivity contribution is -0.122. The van der Waals surface area contributed by atoms with Gasteiger partial charge in [-0.05, 0) is 30.6 Å². The van der Waals surface area contributed by atoms with Gasteiger partial charge in [0, 0.05) is 13.0 Å². The molecule has 1 fully saturated rings. The molecule has 0 saturated heterocycles. The van der Waals surface area contributed by atoms with Crippen molar-refractivity contribution in [2.75, 3.05) is 6.54 Å². The maximum Gasteiger partial charge on any atom is 0.220 e. The molecule has 1 rings (SSSR count). The highest BCUT2D eigenvalue weighted by atomic mass is 16.3. The lowest BCUT2D eigenvalue weighted by Gasteiger charge is -2.23. The fraction of sp³-hybridized carbons (Fsp3) is 0.933. The number of hydrogen-bond donors (Lipinski definition) is 2. The van der Waals surface area contributed by atoms with E-state index in [2.05, 4.69) is 26.1 Å². The Morgan fingerprint density at radius 2 is 1.89 bits per heavy atom. The molecule has 18 heavy (non-hydrogen) atoms. The average molecular weight is 255 g/mol. The molecule has 1 amide bonds. The average Bonchev–Trinajstić information content (AvgIpc) is 2.25. The van der Waals surface area contributed by atoms with Crippen molar-refractivity contribution in [3.05, 3.63) is 0 Å². The van der Waals surface area contributed by atoms with Crippen molar-refractivity contribution in [2.24, 2.45) is 11.3 Å². The SMILES string of the molecule is CC(C)(C)CC(O)CNC(=O)CC1CCCCC1. The molecule has 0 aliphatic heterocycles. The molecule has 3 heteroatoms. The number of hydrogen-bond acceptors (Lipinski definition) is 2. The number of carbonyl (C=O) groups is 1. The van der Waals surface area contributed by atoms with E-state index in [4.69, 9.17) is 0 Å². The molecular weight excluding hydrogens is 226 g/mol. The van der Waals surface area contributed by atoms with Gasteiger partial charge in [0.05, 0.1) is 6.10 Å². The van der Waals surface area contributed by atoms with Gasteiger partial charge in [0.1, 0.15) is 0 Å². The smallest absolute Gasteiger partial charge is 0.220 e. The van der Waals surface area contributed by atoms with Gasteiger partial charge in [0.25, 0.3) is 0 Å². The second-order valence-corrected chi connectivity index (χ2v) is 6.93. The number of carbonyl (C=O) groups excluding carboxylic acids is 1. The van der Waals surface area contributed by atoms with E-state index < -0.39 is 6.10 Å². The number of nitrogens with one attached hydrogen (secondary N) is 1. The summed E-state index contributed by atoms with van der Waals surface area (Å²) in [5, 5.41) is 12.7. The van der Waals surface area contributed by atoms with Crippen molar-refractivity contribution in [3.8, 4) is 0 Å². The van der Waals surface area contributed by atoms with Crippen molar-refractivity contribution in [1.82, 2.24) is 5.32 Å². The first-order valence-corrected chi connectivity index (χ1v) is 7.31. The third kappa shape index (κ3) is 7.00. The number of amides is 1. The van der Waals surface area contributed by atoms with Gasteiger partial charge in [-0.2, -0.15) is 0 Å². The van der Waals surface area contributed by atoms with Crippen LogP contribution in [0.5, 0.6) is 0 Å². The van der Waals surface area contributed by atoms with Crippen LogP contribution in [0.15, 0.2) is 0 Å². The van der Waals surface area contributed by atoms with E-state index in [-0.39, 0.29) is 11.3 Å². The van der Waals surface area contributed by atoms with E-state index >= 15 is 0 Å². The standard InChI is InChI=1S/C15H29NO2/c1-15(2,3)10-13(17)11-16-14(18)9-12-7-5-4-6-8-12/h12-13,17H,4-11H2,1-3H3,(H,16,18). The zero-order chi connectivity index (χ0) is 13.6. The molecule has 106 valence electrons. The van der Waals surface area contributed by atoms with Crippen molar-refractivity contribution >= 4 is 5.91 Å². The molecule has 0 aromatic heterocycles. The summed E-state index contributed by atoms with van der Waals surface area (Å²) in [6.45, 7) is 6.68. The Kier molecular flexibility index (Phi) is 6.13. The maximum absolute atomic E-state index is 11.8. The monoisotopic (exact) mass is 255 g/mol. The van der Waals surface area contributed by atoms with Crippen LogP contribution in [-0.4, -0.2) is 23.7 Å². The normalized spacial score (nSPS) is 19.6. The van der Waals surface area contributed by atoms with E-state index in [0.717, 1.165) is 6.42 Å². The third-order valence-electron chi connectivity index (χ3n) is 3.58. The fourth-order valence-electron chi connectivity index (χ4n) is 2.74. The van der Waals surface area contributed by atoms with Gasteiger partial charge in [-0.15, -0.1) is 0 Å². The molecule has 0 aromatic carbocycles. The Morgan fingerprint density at radius 1 is 1.28 bits per heavy atom. The van der Waals surface area contributed by atoms with E-state index in [1.807, 2.05) is 0 Å². The maximum atomic E-state index is 11.8. The van der Waals surface area contributed by atoms with Crippen LogP contribution in [-0.2, 0) is 4.79 Å². The molecule has 0 bridgehead atoms. The minimum Gasteiger partial charge on any atom is -0.391 e. The quantitative estimate of drug-likeness (QED) is 0.793. The predicted octanol–water partition coefficient (Wildman–Crippen LogP) is 2.87. The fourth-order valence-corrected chi connectivity index (χ4v) is 2.74. The van der Waals surface area contributed by atoms with Crippen molar-refractivity contribution in [1.29, 1.82) is 0 Å². The molecule has 1 saturated carbocycles. The van der Waals surface area contributed by atoms with Crippen molar-refractivity contribution in [2.45, 2.75) is 71.8 Å². The van der Waals surface area contributed by atoms with E-state index in [9.17, 15) is 9.90 Å². The molecule has 0 aromatic rings. The summed E-state index contributed by atoms with van der Waals surface area (Å²) in [7, 11) is 0. The lowest BCUT2D eigenvalue weighted by atomic mass is 9.86. The van der Waals surface area contributed by atoms with Crippen LogP contribution >= 0.6 is 0 Å². The van der Waals surface area contributed by atoms with Gasteiger partial charge in [-0.3, -0.25) is 4.79 Å². The molecule has 1 atom stereocenters. The predicted molar refractivity (Wildman–Crippen MR) is 74.3 cm³/mol. The summed E-state index contributed by atoms with van der Waals surface area (Å²) in [5.41, 5.74) is 0.105. The highest BCUT2D eigenvalue weighted by Crippen LogP contribution is 2.26. The van der Waals surface area contributed by atoms with Gasteiger partial charge in [-0.25, -0.2) is 0 Å². The third-order valence-corrected chi connectivity index (χ3v) is 3.58. The number of rotatable bonds is 5. The second-order valence-electron chi connectivity index (χ2n) is 6.93. The van der Waals surface area contributed by atoms with E-state index in [1.165, 1.54) is 32.1 Å². The molecule has 1 aliphatic carbocycles. The summed E-state index contributed by atoms with van der Waals surface area (Å²) in [6, 6.07) is 0. The van der Waals surface area contributed by atoms with Crippen LogP contribution in [0.4, 0.5) is 0 Å². The van der Waals surface area contributed by atoms with Gasteiger partial charge in [0.2, 0.25) is 5.91 Å². The van der Waals surface area contributed by atoms with Crippen LogP contribution in [0.25, 0.3) is 0 Å². The topological polar surface area (TPSA) is 49.3 Å². The van der Waals surface area contributed by atoms with Crippen LogP contribution in [0, 0.1) is 11.3 Å². The summed E-state index contributed by atoms with van der Waals surface area (Å²) >= 11 is 0. The molecule has 1 unspecified atom stereocenters. The molecule has 2 N–H and O–H groups in total. The van der Waals surface area contributed by atoms with Crippen LogP contribution in [0.2, 0.25) is 0 Å². The Balaban J connectivity index is 2.16. The molecule has 3 nitrogen and oxygen atoms in total. The first kappa shape index (κ1) is 15.5. The Morgan fingerprint density at radius 3 is 2.44 bits per heavy atom. The summed E-state index contributed by atoms with van der Waals surface area (Å²) < 4.78 is 0. The first-order chi connectivity index (χ1) is 8.37. The zero-order valence-electron chi connectivity index (χ0n) is 12.2. The Hall–Kier alpha value is -0.570. The van der Waals surface area contributed by atoms with Crippen LogP contribution < -0.4 is 5.32 Å². The molecular formula is C15H29NO2. The highest BCUT2D eigenvalue weighted by Gasteiger charge is 2.19.